The fourth-order valence-electron chi connectivity index (χ4n) is 3.48. The summed E-state index contributed by atoms with van der Waals surface area (Å²) in [5.74, 6) is -1.86. The van der Waals surface area contributed by atoms with Crippen molar-refractivity contribution in [2.45, 2.75) is 51.4 Å². The molecule has 0 aromatic heterocycles. The van der Waals surface area contributed by atoms with E-state index < -0.39 is 59.5 Å². The molecule has 0 aliphatic carbocycles. The molecule has 1 unspecified atom stereocenters. The van der Waals surface area contributed by atoms with Crippen molar-refractivity contribution in [3.63, 3.8) is 0 Å². The van der Waals surface area contributed by atoms with Crippen molar-refractivity contribution in [2.75, 3.05) is 6.61 Å². The summed E-state index contributed by atoms with van der Waals surface area (Å²) < 4.78 is 27.2. The van der Waals surface area contributed by atoms with Gasteiger partial charge in [-0.25, -0.2) is 9.69 Å². The quantitative estimate of drug-likeness (QED) is 0.261. The van der Waals surface area contributed by atoms with Crippen LogP contribution in [0.4, 0.5) is 10.5 Å². The molecule has 172 valence electrons. The fourth-order valence-corrected chi connectivity index (χ4v) is 3.48. The number of fused-ring (bicyclic) bond motifs is 1. The van der Waals surface area contributed by atoms with Gasteiger partial charge in [-0.05, 0) is 12.1 Å². The lowest BCUT2D eigenvalue weighted by atomic mass is 9.96. The molecule has 1 aromatic carbocycles. The highest BCUT2D eigenvalue weighted by molar-refractivity contribution is 5.92. The van der Waals surface area contributed by atoms with Crippen LogP contribution in [-0.2, 0) is 33.3 Å². The van der Waals surface area contributed by atoms with Crippen LogP contribution in [0.2, 0.25) is 0 Å². The molecular weight excluding hydrogens is 432 g/mol. The van der Waals surface area contributed by atoms with Crippen molar-refractivity contribution in [3.8, 4) is 5.75 Å². The van der Waals surface area contributed by atoms with Gasteiger partial charge in [0.1, 0.15) is 24.5 Å². The number of hydrogen-bond acceptors (Lipinski definition) is 11. The first-order valence-electron chi connectivity index (χ1n) is 9.46. The van der Waals surface area contributed by atoms with Crippen LogP contribution in [0, 0.1) is 10.1 Å². The average Bonchev–Trinajstić information content (AvgIpc) is 3.06. The van der Waals surface area contributed by atoms with Gasteiger partial charge in [0.05, 0.1) is 4.92 Å². The van der Waals surface area contributed by atoms with Crippen LogP contribution in [-0.4, -0.2) is 71.0 Å². The summed E-state index contributed by atoms with van der Waals surface area (Å²) in [7, 11) is 0. The van der Waals surface area contributed by atoms with E-state index in [1.54, 1.807) is 0 Å². The van der Waals surface area contributed by atoms with Gasteiger partial charge in [0.2, 0.25) is 12.2 Å². The Bertz CT molecular complexity index is 932. The van der Waals surface area contributed by atoms with Crippen molar-refractivity contribution in [1.82, 2.24) is 4.90 Å². The third-order valence-corrected chi connectivity index (χ3v) is 4.74. The van der Waals surface area contributed by atoms with E-state index in [4.69, 9.17) is 23.7 Å². The maximum absolute atomic E-state index is 12.4. The van der Waals surface area contributed by atoms with Crippen molar-refractivity contribution in [2.24, 2.45) is 0 Å². The molecule has 3 rings (SSSR count). The zero-order valence-electron chi connectivity index (χ0n) is 17.3. The first-order valence-corrected chi connectivity index (χ1v) is 9.46. The van der Waals surface area contributed by atoms with Gasteiger partial charge in [0.25, 0.3) is 5.69 Å². The number of nitrogens with zero attached hydrogens (tertiary/aromatic N) is 2. The van der Waals surface area contributed by atoms with E-state index in [1.165, 1.54) is 31.2 Å². The number of carbonyl (C=O) groups excluding carboxylic acids is 4. The molecule has 2 aliphatic heterocycles. The molecule has 0 N–H and O–H groups in total. The first-order chi connectivity index (χ1) is 15.1. The van der Waals surface area contributed by atoms with Crippen molar-refractivity contribution < 1.29 is 47.8 Å². The Morgan fingerprint density at radius 2 is 1.78 bits per heavy atom. The third-order valence-electron chi connectivity index (χ3n) is 4.74. The highest BCUT2D eigenvalue weighted by atomic mass is 16.7. The number of esters is 2. The number of rotatable bonds is 6. The maximum Gasteiger partial charge on any atom is 0.417 e. The molecule has 2 saturated heterocycles. The van der Waals surface area contributed by atoms with E-state index in [9.17, 15) is 29.3 Å². The van der Waals surface area contributed by atoms with Crippen molar-refractivity contribution in [3.05, 3.63) is 34.4 Å². The Kier molecular flexibility index (Phi) is 6.58. The molecule has 2 fully saturated rings. The lowest BCUT2D eigenvalue weighted by Crippen LogP contribution is -2.63. The second-order valence-corrected chi connectivity index (χ2v) is 7.02. The lowest BCUT2D eigenvalue weighted by Gasteiger charge is -2.42. The number of nitro groups is 1. The van der Waals surface area contributed by atoms with Crippen LogP contribution in [0.1, 0.15) is 20.8 Å². The highest BCUT2D eigenvalue weighted by Crippen LogP contribution is 2.36. The van der Waals surface area contributed by atoms with Crippen LogP contribution in [0.25, 0.3) is 0 Å². The number of imide groups is 1. The van der Waals surface area contributed by atoms with Crippen LogP contribution in [0.5, 0.6) is 5.75 Å². The van der Waals surface area contributed by atoms with Crippen LogP contribution in [0.15, 0.2) is 24.3 Å². The molecule has 0 radical (unpaired) electrons. The van der Waals surface area contributed by atoms with Gasteiger partial charge in [-0.1, -0.05) is 0 Å². The van der Waals surface area contributed by atoms with E-state index in [0.717, 1.165) is 18.7 Å². The molecular formula is C19H20N2O11. The molecule has 5 atom stereocenters. The summed E-state index contributed by atoms with van der Waals surface area (Å²) in [6.45, 7) is 3.09. The number of carbonyl (C=O) groups is 4. The van der Waals surface area contributed by atoms with Crippen LogP contribution in [0.3, 0.4) is 0 Å². The second-order valence-electron chi connectivity index (χ2n) is 7.02. The van der Waals surface area contributed by atoms with E-state index >= 15 is 0 Å². The molecule has 32 heavy (non-hydrogen) atoms. The Morgan fingerprint density at radius 1 is 1.12 bits per heavy atom. The number of nitro benzene ring substituents is 1. The molecule has 13 nitrogen and oxygen atoms in total. The third kappa shape index (κ3) is 4.77. The monoisotopic (exact) mass is 452 g/mol. The zero-order chi connectivity index (χ0) is 23.6. The SMILES string of the molecule is CC(=O)OC[C@H]1OC(Oc2ccc([N+](=O)[O-])cc2)[C@H]2[C@@H](OC(=O)N2C(C)=O)[C@@H]1OC(C)=O. The number of hydrogen-bond donors (Lipinski definition) is 0. The van der Waals surface area contributed by atoms with Crippen LogP contribution >= 0.6 is 0 Å². The van der Waals surface area contributed by atoms with Gasteiger partial charge in [-0.15, -0.1) is 0 Å². The van der Waals surface area contributed by atoms with Gasteiger partial charge in [0.15, 0.2) is 12.2 Å². The number of amides is 2. The minimum atomic E-state index is -1.32. The number of benzene rings is 1. The zero-order valence-corrected chi connectivity index (χ0v) is 17.3. The maximum atomic E-state index is 12.4. The average molecular weight is 452 g/mol. The Hall–Kier alpha value is -3.74. The van der Waals surface area contributed by atoms with E-state index in [2.05, 4.69) is 0 Å². The summed E-state index contributed by atoms with van der Waals surface area (Å²) >= 11 is 0. The van der Waals surface area contributed by atoms with Gasteiger partial charge in [-0.2, -0.15) is 0 Å². The Labute approximate surface area is 181 Å². The molecule has 1 aromatic rings. The molecule has 13 heteroatoms. The smallest absolute Gasteiger partial charge is 0.417 e. The molecule has 0 bridgehead atoms. The summed E-state index contributed by atoms with van der Waals surface area (Å²) in [6.07, 6.45) is -5.76. The van der Waals surface area contributed by atoms with Crippen LogP contribution < -0.4 is 4.74 Å². The first kappa shape index (κ1) is 22.9. The van der Waals surface area contributed by atoms with Gasteiger partial charge in [0, 0.05) is 32.9 Å². The van der Waals surface area contributed by atoms with E-state index in [0.29, 0.717) is 0 Å². The summed E-state index contributed by atoms with van der Waals surface area (Å²) in [5, 5.41) is 10.9. The van der Waals surface area contributed by atoms with Gasteiger partial charge in [-0.3, -0.25) is 24.5 Å². The number of non-ortho nitro benzene ring substituents is 1. The van der Waals surface area contributed by atoms with Crippen molar-refractivity contribution in [1.29, 1.82) is 0 Å². The molecule has 0 saturated carbocycles. The predicted octanol–water partition coefficient (Wildman–Crippen LogP) is 0.929. The topological polar surface area (TPSA) is 161 Å². The lowest BCUT2D eigenvalue weighted by molar-refractivity contribution is -0.384. The minimum Gasteiger partial charge on any atom is -0.463 e. The van der Waals surface area contributed by atoms with Crippen molar-refractivity contribution >= 4 is 29.6 Å². The van der Waals surface area contributed by atoms with Gasteiger partial charge < -0.3 is 23.7 Å². The Morgan fingerprint density at radius 3 is 2.31 bits per heavy atom. The summed E-state index contributed by atoms with van der Waals surface area (Å²) in [4.78, 5) is 58.5. The fraction of sp³-hybridized carbons (Fsp3) is 0.474. The summed E-state index contributed by atoms with van der Waals surface area (Å²) in [6, 6.07) is 3.88. The molecule has 2 aliphatic rings. The molecule has 0 spiro atoms. The molecule has 2 heterocycles. The second kappa shape index (κ2) is 9.18. The number of ether oxygens (including phenoxy) is 5. The predicted molar refractivity (Wildman–Crippen MR) is 101 cm³/mol. The minimum absolute atomic E-state index is 0.138. The van der Waals surface area contributed by atoms with Gasteiger partial charge >= 0.3 is 18.0 Å². The molecule has 2 amide bonds. The Balaban J connectivity index is 1.94. The largest absolute Gasteiger partial charge is 0.463 e. The highest BCUT2D eigenvalue weighted by Gasteiger charge is 2.60. The van der Waals surface area contributed by atoms with E-state index in [-0.39, 0.29) is 18.0 Å². The van der Waals surface area contributed by atoms with E-state index in [1.807, 2.05) is 0 Å². The standard InChI is InChI=1S/C19H20N2O11/c1-9(22)20-15-17(32-19(20)25)16(29-11(3)24)14(8-28-10(2)23)31-18(15)30-13-6-4-12(5-7-13)21(26)27/h4-7,14-18H,8H2,1-3H3/t14-,15-,16-,17-,18?/m1/s1. The normalized spacial score (nSPS) is 26.5. The summed E-state index contributed by atoms with van der Waals surface area (Å²) in [5.41, 5.74) is -0.174.